The molecule has 2 aromatic rings. The quantitative estimate of drug-likeness (QED) is 0.872. The van der Waals surface area contributed by atoms with Crippen molar-refractivity contribution in [2.45, 2.75) is 0 Å². The van der Waals surface area contributed by atoms with E-state index < -0.39 is 0 Å². The van der Waals surface area contributed by atoms with Crippen LogP contribution in [0.5, 0.6) is 0 Å². The zero-order valence-corrected chi connectivity index (χ0v) is 12.6. The molecule has 6 nitrogen and oxygen atoms in total. The number of hydrogen-bond donors (Lipinski definition) is 2. The van der Waals surface area contributed by atoms with Crippen molar-refractivity contribution in [3.63, 3.8) is 0 Å². The molecule has 0 unspecified atom stereocenters. The Bertz CT molecular complexity index is 568. The van der Waals surface area contributed by atoms with E-state index in [4.69, 9.17) is 10.5 Å². The van der Waals surface area contributed by atoms with Crippen molar-refractivity contribution in [1.82, 2.24) is 14.3 Å². The average molecular weight is 305 g/mol. The zero-order valence-electron chi connectivity index (χ0n) is 11.8. The molecule has 21 heavy (non-hydrogen) atoms. The Morgan fingerprint density at radius 3 is 3.00 bits per heavy atom. The van der Waals surface area contributed by atoms with E-state index >= 15 is 0 Å². The Kier molecular flexibility index (Phi) is 4.64. The van der Waals surface area contributed by atoms with E-state index in [1.54, 1.807) is 6.20 Å². The zero-order chi connectivity index (χ0) is 14.5. The van der Waals surface area contributed by atoms with E-state index in [1.165, 1.54) is 11.5 Å². The van der Waals surface area contributed by atoms with Crippen LogP contribution in [0, 0.1) is 0 Å². The lowest BCUT2D eigenvalue weighted by Crippen LogP contribution is -2.38. The van der Waals surface area contributed by atoms with Gasteiger partial charge in [-0.25, -0.2) is 0 Å². The first-order valence-electron chi connectivity index (χ1n) is 7.04. The molecule has 3 N–H and O–H groups in total. The first-order valence-corrected chi connectivity index (χ1v) is 7.81. The Morgan fingerprint density at radius 1 is 1.38 bits per heavy atom. The minimum Gasteiger partial charge on any atom is -0.382 e. The first-order chi connectivity index (χ1) is 10.3. The molecular formula is C14H19N5OS. The van der Waals surface area contributed by atoms with Crippen molar-refractivity contribution >= 4 is 22.4 Å². The summed E-state index contributed by atoms with van der Waals surface area (Å²) in [4.78, 5) is 6.54. The first kappa shape index (κ1) is 14.2. The molecule has 0 aromatic carbocycles. The molecule has 0 saturated carbocycles. The Balaban J connectivity index is 1.63. The van der Waals surface area contributed by atoms with Crippen molar-refractivity contribution < 1.29 is 4.74 Å². The maximum absolute atomic E-state index is 5.99. The van der Waals surface area contributed by atoms with Crippen LogP contribution in [0.25, 0.3) is 11.1 Å². The smallest absolute Gasteiger partial charge is 0.147 e. The van der Waals surface area contributed by atoms with Crippen molar-refractivity contribution in [2.75, 3.05) is 50.4 Å². The SMILES string of the molecule is Nc1nsc(NCCN2CCOCC2)c1-c1cccnc1. The highest BCUT2D eigenvalue weighted by Crippen LogP contribution is 2.36. The molecular weight excluding hydrogens is 286 g/mol. The second kappa shape index (κ2) is 6.84. The Hall–Kier alpha value is -1.70. The predicted molar refractivity (Wildman–Crippen MR) is 85.5 cm³/mol. The molecule has 7 heteroatoms. The van der Waals surface area contributed by atoms with Gasteiger partial charge >= 0.3 is 0 Å². The minimum atomic E-state index is 0.557. The van der Waals surface area contributed by atoms with Gasteiger partial charge in [0.15, 0.2) is 0 Å². The third-order valence-corrected chi connectivity index (χ3v) is 4.31. The lowest BCUT2D eigenvalue weighted by Gasteiger charge is -2.26. The van der Waals surface area contributed by atoms with E-state index in [0.717, 1.165) is 55.5 Å². The Labute approximate surface area is 128 Å². The van der Waals surface area contributed by atoms with Crippen LogP contribution >= 0.6 is 11.5 Å². The summed E-state index contributed by atoms with van der Waals surface area (Å²) in [7, 11) is 0. The van der Waals surface area contributed by atoms with E-state index in [1.807, 2.05) is 18.3 Å². The van der Waals surface area contributed by atoms with Crippen LogP contribution < -0.4 is 11.1 Å². The molecule has 1 aliphatic rings. The van der Waals surface area contributed by atoms with Gasteiger partial charge in [0, 0.05) is 44.1 Å². The summed E-state index contributed by atoms with van der Waals surface area (Å²) in [6, 6.07) is 3.91. The number of aromatic nitrogens is 2. The van der Waals surface area contributed by atoms with Gasteiger partial charge in [0.05, 0.1) is 18.8 Å². The van der Waals surface area contributed by atoms with Crippen LogP contribution in [0.1, 0.15) is 0 Å². The Morgan fingerprint density at radius 2 is 2.24 bits per heavy atom. The molecule has 0 radical (unpaired) electrons. The van der Waals surface area contributed by atoms with Crippen LogP contribution in [0.15, 0.2) is 24.5 Å². The van der Waals surface area contributed by atoms with Crippen molar-refractivity contribution in [2.24, 2.45) is 0 Å². The summed E-state index contributed by atoms with van der Waals surface area (Å²) in [5.74, 6) is 0.557. The summed E-state index contributed by atoms with van der Waals surface area (Å²) >= 11 is 1.40. The fourth-order valence-corrected chi connectivity index (χ4v) is 3.13. The van der Waals surface area contributed by atoms with Crippen LogP contribution in [-0.2, 0) is 4.74 Å². The number of nitrogens with one attached hydrogen (secondary N) is 1. The standard InChI is InChI=1S/C14H19N5OS/c15-13-12(11-2-1-3-16-10-11)14(21-18-13)17-4-5-19-6-8-20-9-7-19/h1-3,10,17H,4-9H2,(H2,15,18). The van der Waals surface area contributed by atoms with Crippen LogP contribution in [0.3, 0.4) is 0 Å². The maximum atomic E-state index is 5.99. The number of hydrogen-bond acceptors (Lipinski definition) is 7. The second-order valence-corrected chi connectivity index (χ2v) is 5.67. The topological polar surface area (TPSA) is 76.3 Å². The molecule has 1 fully saturated rings. The predicted octanol–water partition coefficient (Wildman–Crippen LogP) is 1.53. The van der Waals surface area contributed by atoms with E-state index in [9.17, 15) is 0 Å². The fourth-order valence-electron chi connectivity index (χ4n) is 2.37. The molecule has 3 heterocycles. The summed E-state index contributed by atoms with van der Waals surface area (Å²) in [5.41, 5.74) is 7.94. The number of pyridine rings is 1. The van der Waals surface area contributed by atoms with Gasteiger partial charge in [-0.1, -0.05) is 6.07 Å². The highest BCUT2D eigenvalue weighted by atomic mass is 32.1. The van der Waals surface area contributed by atoms with Gasteiger partial charge in [-0.05, 0) is 17.6 Å². The second-order valence-electron chi connectivity index (χ2n) is 4.89. The normalized spacial score (nSPS) is 16.0. The van der Waals surface area contributed by atoms with E-state index in [-0.39, 0.29) is 0 Å². The van der Waals surface area contributed by atoms with Crippen LogP contribution in [-0.4, -0.2) is 53.7 Å². The van der Waals surface area contributed by atoms with Gasteiger partial charge in [0.25, 0.3) is 0 Å². The molecule has 2 aromatic heterocycles. The number of nitrogens with zero attached hydrogens (tertiary/aromatic N) is 3. The third-order valence-electron chi connectivity index (χ3n) is 3.49. The van der Waals surface area contributed by atoms with Gasteiger partial charge < -0.3 is 15.8 Å². The van der Waals surface area contributed by atoms with Crippen LogP contribution in [0.2, 0.25) is 0 Å². The van der Waals surface area contributed by atoms with Crippen molar-refractivity contribution in [3.8, 4) is 11.1 Å². The van der Waals surface area contributed by atoms with E-state index in [2.05, 4.69) is 19.6 Å². The summed E-state index contributed by atoms with van der Waals surface area (Å²) in [6.07, 6.45) is 3.57. The third kappa shape index (κ3) is 3.49. The molecule has 112 valence electrons. The lowest BCUT2D eigenvalue weighted by molar-refractivity contribution is 0.0398. The van der Waals surface area contributed by atoms with Crippen molar-refractivity contribution in [1.29, 1.82) is 0 Å². The highest BCUT2D eigenvalue weighted by molar-refractivity contribution is 7.11. The van der Waals surface area contributed by atoms with Crippen molar-refractivity contribution in [3.05, 3.63) is 24.5 Å². The molecule has 0 spiro atoms. The molecule has 0 bridgehead atoms. The molecule has 3 rings (SSSR count). The maximum Gasteiger partial charge on any atom is 0.147 e. The molecule has 0 atom stereocenters. The number of ether oxygens (including phenoxy) is 1. The van der Waals surface area contributed by atoms with Gasteiger partial charge in [0.1, 0.15) is 10.8 Å². The van der Waals surface area contributed by atoms with Gasteiger partial charge in [0.2, 0.25) is 0 Å². The number of nitrogens with two attached hydrogens (primary N) is 1. The van der Waals surface area contributed by atoms with Gasteiger partial charge in [-0.3, -0.25) is 9.88 Å². The highest BCUT2D eigenvalue weighted by Gasteiger charge is 2.14. The fraction of sp³-hybridized carbons (Fsp3) is 0.429. The average Bonchev–Trinajstić information content (AvgIpc) is 2.90. The summed E-state index contributed by atoms with van der Waals surface area (Å²) in [5, 5.41) is 4.45. The van der Waals surface area contributed by atoms with Gasteiger partial charge in [-0.2, -0.15) is 4.37 Å². The number of anilines is 2. The van der Waals surface area contributed by atoms with Gasteiger partial charge in [-0.15, -0.1) is 0 Å². The molecule has 0 aliphatic carbocycles. The lowest BCUT2D eigenvalue weighted by atomic mass is 10.1. The summed E-state index contributed by atoms with van der Waals surface area (Å²) < 4.78 is 9.61. The van der Waals surface area contributed by atoms with E-state index in [0.29, 0.717) is 5.82 Å². The largest absolute Gasteiger partial charge is 0.382 e. The number of rotatable bonds is 5. The molecule has 1 aliphatic heterocycles. The van der Waals surface area contributed by atoms with Crippen LogP contribution in [0.4, 0.5) is 10.8 Å². The summed E-state index contributed by atoms with van der Waals surface area (Å²) in [6.45, 7) is 5.52. The monoisotopic (exact) mass is 305 g/mol. The number of nitrogen functional groups attached to an aromatic ring is 1. The molecule has 0 amide bonds. The number of morpholine rings is 1. The minimum absolute atomic E-state index is 0.557. The molecule has 1 saturated heterocycles.